The Hall–Kier alpha value is -1.68. The third kappa shape index (κ3) is 7.05. The van der Waals surface area contributed by atoms with E-state index in [4.69, 9.17) is 14.2 Å². The predicted molar refractivity (Wildman–Crippen MR) is 127 cm³/mol. The van der Waals surface area contributed by atoms with E-state index < -0.39 is 0 Å². The number of ether oxygens (including phenoxy) is 3. The third-order valence-electron chi connectivity index (χ3n) is 3.90. The Kier molecular flexibility index (Phi) is 11.1. The Morgan fingerprint density at radius 2 is 1.61 bits per heavy atom. The molecule has 6 nitrogen and oxygen atoms in total. The second-order valence-electron chi connectivity index (χ2n) is 5.69. The fourth-order valence-corrected chi connectivity index (χ4v) is 2.96. The number of aliphatic imine (C=N–C) groups is 1. The van der Waals surface area contributed by atoms with Gasteiger partial charge in [0.25, 0.3) is 0 Å². The molecule has 0 aromatic heterocycles. The van der Waals surface area contributed by atoms with E-state index in [-0.39, 0.29) is 24.0 Å². The maximum Gasteiger partial charge on any atom is 0.191 e. The molecule has 2 aromatic rings. The van der Waals surface area contributed by atoms with E-state index in [2.05, 4.69) is 31.6 Å². The van der Waals surface area contributed by atoms with Crippen molar-refractivity contribution in [3.63, 3.8) is 0 Å². The smallest absolute Gasteiger partial charge is 0.191 e. The van der Waals surface area contributed by atoms with Crippen molar-refractivity contribution in [1.82, 2.24) is 10.6 Å². The van der Waals surface area contributed by atoms with Crippen LogP contribution in [0.15, 0.2) is 45.9 Å². The van der Waals surface area contributed by atoms with Crippen molar-refractivity contribution in [3.05, 3.63) is 52.0 Å². The van der Waals surface area contributed by atoms with Gasteiger partial charge < -0.3 is 24.8 Å². The maximum absolute atomic E-state index is 5.42. The van der Waals surface area contributed by atoms with Crippen LogP contribution in [0.5, 0.6) is 17.2 Å². The van der Waals surface area contributed by atoms with Gasteiger partial charge in [0.15, 0.2) is 17.5 Å². The zero-order chi connectivity index (χ0) is 19.6. The van der Waals surface area contributed by atoms with Crippen LogP contribution in [0.2, 0.25) is 0 Å². The highest BCUT2D eigenvalue weighted by Crippen LogP contribution is 2.27. The second kappa shape index (κ2) is 12.7. The van der Waals surface area contributed by atoms with Crippen LogP contribution in [0.4, 0.5) is 0 Å². The van der Waals surface area contributed by atoms with Gasteiger partial charge in [-0.25, -0.2) is 4.99 Å². The Morgan fingerprint density at radius 1 is 0.929 bits per heavy atom. The van der Waals surface area contributed by atoms with Crippen molar-refractivity contribution >= 4 is 45.9 Å². The van der Waals surface area contributed by atoms with E-state index in [1.54, 1.807) is 21.3 Å². The van der Waals surface area contributed by atoms with Crippen LogP contribution in [0.25, 0.3) is 0 Å². The van der Waals surface area contributed by atoms with Crippen LogP contribution < -0.4 is 24.8 Å². The first kappa shape index (κ1) is 24.4. The lowest BCUT2D eigenvalue weighted by molar-refractivity contribution is 0.354. The summed E-state index contributed by atoms with van der Waals surface area (Å²) in [4.78, 5) is 4.65. The van der Waals surface area contributed by atoms with Crippen molar-refractivity contribution in [3.8, 4) is 17.2 Å². The van der Waals surface area contributed by atoms with Crippen LogP contribution >= 0.6 is 39.9 Å². The standard InChI is InChI=1S/C20H26BrN3O3.HI/c1-5-22-20(24-13-15-11-16(21)7-9-17(15)25-2)23-12-14-6-8-18(26-3)19(10-14)27-4;/h6-11H,5,12-13H2,1-4H3,(H2,22,23,24);1H. The number of benzene rings is 2. The monoisotopic (exact) mass is 563 g/mol. The number of hydrogen-bond acceptors (Lipinski definition) is 4. The van der Waals surface area contributed by atoms with Gasteiger partial charge in [0.2, 0.25) is 0 Å². The Morgan fingerprint density at radius 3 is 2.25 bits per heavy atom. The largest absolute Gasteiger partial charge is 0.496 e. The number of methoxy groups -OCH3 is 3. The Bertz CT molecular complexity index is 787. The van der Waals surface area contributed by atoms with Crippen LogP contribution in [0.1, 0.15) is 18.1 Å². The summed E-state index contributed by atoms with van der Waals surface area (Å²) < 4.78 is 17.1. The minimum Gasteiger partial charge on any atom is -0.496 e. The van der Waals surface area contributed by atoms with Crippen molar-refractivity contribution in [2.45, 2.75) is 20.0 Å². The summed E-state index contributed by atoms with van der Waals surface area (Å²) in [6.07, 6.45) is 0. The summed E-state index contributed by atoms with van der Waals surface area (Å²) in [6.45, 7) is 3.92. The molecule has 0 amide bonds. The highest BCUT2D eigenvalue weighted by Gasteiger charge is 2.07. The number of guanidine groups is 1. The first-order valence-corrected chi connectivity index (χ1v) is 9.46. The number of hydrogen-bond donors (Lipinski definition) is 2. The average molecular weight is 564 g/mol. The molecule has 0 unspecified atom stereocenters. The van der Waals surface area contributed by atoms with Crippen LogP contribution in [0.3, 0.4) is 0 Å². The molecule has 2 aromatic carbocycles. The van der Waals surface area contributed by atoms with E-state index >= 15 is 0 Å². The van der Waals surface area contributed by atoms with Gasteiger partial charge in [0.05, 0.1) is 27.9 Å². The molecule has 0 spiro atoms. The van der Waals surface area contributed by atoms with E-state index in [9.17, 15) is 0 Å². The highest BCUT2D eigenvalue weighted by atomic mass is 127. The molecule has 2 N–H and O–H groups in total. The van der Waals surface area contributed by atoms with Crippen molar-refractivity contribution in [2.24, 2.45) is 4.99 Å². The average Bonchev–Trinajstić information content (AvgIpc) is 2.69. The molecule has 0 heterocycles. The summed E-state index contributed by atoms with van der Waals surface area (Å²) in [5.74, 6) is 2.97. The fourth-order valence-electron chi connectivity index (χ4n) is 2.56. The first-order chi connectivity index (χ1) is 13.1. The molecule has 8 heteroatoms. The van der Waals surface area contributed by atoms with Gasteiger partial charge in [-0.1, -0.05) is 22.0 Å². The lowest BCUT2D eigenvalue weighted by Crippen LogP contribution is -2.36. The van der Waals surface area contributed by atoms with Gasteiger partial charge in [0.1, 0.15) is 5.75 Å². The Balaban J connectivity index is 0.00000392. The van der Waals surface area contributed by atoms with E-state index in [0.717, 1.165) is 33.9 Å². The van der Waals surface area contributed by atoms with Gasteiger partial charge in [-0.2, -0.15) is 0 Å². The summed E-state index contributed by atoms with van der Waals surface area (Å²) >= 11 is 3.50. The number of nitrogens with zero attached hydrogens (tertiary/aromatic N) is 1. The molecular weight excluding hydrogens is 537 g/mol. The molecule has 0 fully saturated rings. The van der Waals surface area contributed by atoms with Gasteiger partial charge >= 0.3 is 0 Å². The van der Waals surface area contributed by atoms with Crippen LogP contribution in [0, 0.1) is 0 Å². The molecule has 0 saturated carbocycles. The van der Waals surface area contributed by atoms with Crippen molar-refractivity contribution in [2.75, 3.05) is 27.9 Å². The first-order valence-electron chi connectivity index (χ1n) is 8.66. The molecule has 2 rings (SSSR count). The summed E-state index contributed by atoms with van der Waals surface area (Å²) in [7, 11) is 4.92. The van der Waals surface area contributed by atoms with Crippen molar-refractivity contribution < 1.29 is 14.2 Å². The number of halogens is 2. The number of rotatable bonds is 8. The van der Waals surface area contributed by atoms with Crippen LogP contribution in [-0.2, 0) is 13.1 Å². The lowest BCUT2D eigenvalue weighted by atomic mass is 10.2. The minimum atomic E-state index is 0. The molecule has 0 aliphatic carbocycles. The fraction of sp³-hybridized carbons (Fsp3) is 0.350. The highest BCUT2D eigenvalue weighted by molar-refractivity contribution is 14.0. The zero-order valence-electron chi connectivity index (χ0n) is 16.5. The summed E-state index contributed by atoms with van der Waals surface area (Å²) in [5, 5.41) is 6.60. The van der Waals surface area contributed by atoms with E-state index in [1.165, 1.54) is 0 Å². The SMILES string of the molecule is CCNC(=NCc1ccc(OC)c(OC)c1)NCc1cc(Br)ccc1OC.I. The van der Waals surface area contributed by atoms with Crippen LogP contribution in [-0.4, -0.2) is 33.8 Å². The molecule has 28 heavy (non-hydrogen) atoms. The van der Waals surface area contributed by atoms with Gasteiger partial charge in [-0.15, -0.1) is 24.0 Å². The normalized spacial score (nSPS) is 10.7. The number of nitrogens with one attached hydrogen (secondary N) is 2. The maximum atomic E-state index is 5.42. The van der Waals surface area contributed by atoms with Crippen molar-refractivity contribution in [1.29, 1.82) is 0 Å². The summed E-state index contributed by atoms with van der Waals surface area (Å²) in [5.41, 5.74) is 2.08. The molecule has 0 radical (unpaired) electrons. The molecule has 0 saturated heterocycles. The molecule has 0 aliphatic rings. The van der Waals surface area contributed by atoms with Gasteiger partial charge in [-0.05, 0) is 42.8 Å². The zero-order valence-corrected chi connectivity index (χ0v) is 20.5. The quantitative estimate of drug-likeness (QED) is 0.284. The summed E-state index contributed by atoms with van der Waals surface area (Å²) in [6, 6.07) is 11.7. The topological polar surface area (TPSA) is 64.1 Å². The van der Waals surface area contributed by atoms with E-state index in [0.29, 0.717) is 24.6 Å². The molecule has 0 bridgehead atoms. The van der Waals surface area contributed by atoms with Gasteiger partial charge in [-0.3, -0.25) is 0 Å². The van der Waals surface area contributed by atoms with E-state index in [1.807, 2.05) is 43.3 Å². The molecule has 0 aliphatic heterocycles. The molecular formula is C20H27BrIN3O3. The van der Waals surface area contributed by atoms with Gasteiger partial charge in [0, 0.05) is 23.1 Å². The molecule has 154 valence electrons. The molecule has 0 atom stereocenters. The third-order valence-corrected chi connectivity index (χ3v) is 4.39. The minimum absolute atomic E-state index is 0. The second-order valence-corrected chi connectivity index (χ2v) is 6.61. The predicted octanol–water partition coefficient (Wildman–Crippen LogP) is 4.35. The lowest BCUT2D eigenvalue weighted by Gasteiger charge is -2.14. The Labute approximate surface area is 192 Å².